The number of aromatic amines is 1. The van der Waals surface area contributed by atoms with Crippen LogP contribution in [-0.2, 0) is 18.4 Å². The quantitative estimate of drug-likeness (QED) is 0.415. The van der Waals surface area contributed by atoms with E-state index in [1.165, 1.54) is 0 Å². The van der Waals surface area contributed by atoms with Crippen LogP contribution in [0.15, 0.2) is 30.5 Å². The zero-order valence-corrected chi connectivity index (χ0v) is 21.5. The number of piperidine rings is 1. The molecule has 1 aliphatic carbocycles. The molecular weight excluding hydrogens is 487 g/mol. The normalized spacial score (nSPS) is 16.9. The van der Waals surface area contributed by atoms with Crippen molar-refractivity contribution in [3.63, 3.8) is 0 Å². The van der Waals surface area contributed by atoms with Crippen molar-refractivity contribution < 1.29 is 4.79 Å². The predicted molar refractivity (Wildman–Crippen MR) is 142 cm³/mol. The second kappa shape index (κ2) is 10.5. The van der Waals surface area contributed by atoms with E-state index in [9.17, 15) is 4.79 Å². The number of carbonyl (C=O) groups is 1. The van der Waals surface area contributed by atoms with Crippen LogP contribution >= 0.6 is 24.8 Å². The number of H-pyrrole nitrogens is 1. The lowest BCUT2D eigenvalue weighted by Crippen LogP contribution is -2.39. The Labute approximate surface area is 217 Å². The van der Waals surface area contributed by atoms with E-state index in [2.05, 4.69) is 50.3 Å². The average molecular weight is 519 g/mol. The second-order valence-corrected chi connectivity index (χ2v) is 9.75. The number of likely N-dealkylation sites (tertiary alicyclic amines) is 1. The molecule has 0 spiro atoms. The van der Waals surface area contributed by atoms with Gasteiger partial charge in [-0.25, -0.2) is 9.97 Å². The molecule has 0 unspecified atom stereocenters. The Bertz CT molecular complexity index is 1200. The molecule has 1 aromatic carbocycles. The highest BCUT2D eigenvalue weighted by Crippen LogP contribution is 2.42. The third-order valence-corrected chi connectivity index (χ3v) is 6.63. The molecule has 6 N–H and O–H groups in total. The first-order valence-electron chi connectivity index (χ1n) is 11.4. The summed E-state index contributed by atoms with van der Waals surface area (Å²) in [6.07, 6.45) is 4.50. The van der Waals surface area contributed by atoms with Gasteiger partial charge >= 0.3 is 0 Å². The van der Waals surface area contributed by atoms with Crippen molar-refractivity contribution in [1.82, 2.24) is 25.1 Å². The van der Waals surface area contributed by atoms with Gasteiger partial charge in [0, 0.05) is 30.0 Å². The Morgan fingerprint density at radius 2 is 1.97 bits per heavy atom. The van der Waals surface area contributed by atoms with Crippen LogP contribution in [0, 0.1) is 0 Å². The van der Waals surface area contributed by atoms with Crippen molar-refractivity contribution in [2.45, 2.75) is 51.1 Å². The number of nitrogen functional groups attached to an aromatic ring is 1. The van der Waals surface area contributed by atoms with E-state index in [1.807, 2.05) is 18.2 Å². The molecule has 1 fully saturated rings. The van der Waals surface area contributed by atoms with Crippen molar-refractivity contribution in [3.8, 4) is 11.4 Å². The van der Waals surface area contributed by atoms with Crippen LogP contribution in [-0.4, -0.2) is 50.1 Å². The van der Waals surface area contributed by atoms with Crippen LogP contribution in [0.4, 0.5) is 11.6 Å². The van der Waals surface area contributed by atoms with Crippen LogP contribution in [0.3, 0.4) is 0 Å². The molecule has 35 heavy (non-hydrogen) atoms. The highest BCUT2D eigenvalue weighted by molar-refractivity contribution is 6.05. The van der Waals surface area contributed by atoms with Gasteiger partial charge in [0.15, 0.2) is 0 Å². The Balaban J connectivity index is 0.00000171. The number of hydrogen-bond acceptors (Lipinski definition) is 7. The van der Waals surface area contributed by atoms with Gasteiger partial charge in [-0.2, -0.15) is 5.10 Å². The minimum atomic E-state index is -0.307. The molecule has 0 atom stereocenters. The van der Waals surface area contributed by atoms with Gasteiger partial charge < -0.3 is 16.8 Å². The topological polar surface area (TPSA) is 139 Å². The maximum Gasteiger partial charge on any atom is 0.273 e. The first-order chi connectivity index (χ1) is 15.8. The van der Waals surface area contributed by atoms with Crippen LogP contribution in [0.1, 0.15) is 53.9 Å². The molecule has 9 nitrogen and oxygen atoms in total. The fraction of sp³-hybridized carbons (Fsp3) is 0.417. The summed E-state index contributed by atoms with van der Waals surface area (Å²) in [5, 5.41) is 10.4. The Morgan fingerprint density at radius 3 is 2.71 bits per heavy atom. The van der Waals surface area contributed by atoms with E-state index in [4.69, 9.17) is 11.5 Å². The van der Waals surface area contributed by atoms with Crippen molar-refractivity contribution in [2.75, 3.05) is 24.1 Å². The third kappa shape index (κ3) is 5.43. The summed E-state index contributed by atoms with van der Waals surface area (Å²) in [6, 6.07) is 8.32. The molecule has 0 radical (unpaired) electrons. The first kappa shape index (κ1) is 26.9. The molecule has 0 bridgehead atoms. The lowest BCUT2D eigenvalue weighted by Gasteiger charge is -2.31. The minimum absolute atomic E-state index is 0. The molecule has 1 amide bonds. The van der Waals surface area contributed by atoms with Gasteiger partial charge in [-0.05, 0) is 61.0 Å². The molecule has 188 valence electrons. The fourth-order valence-electron chi connectivity index (χ4n) is 4.97. The highest BCUT2D eigenvalue weighted by atomic mass is 35.5. The van der Waals surface area contributed by atoms with E-state index in [0.29, 0.717) is 29.5 Å². The smallest absolute Gasteiger partial charge is 0.273 e. The zero-order valence-electron chi connectivity index (χ0n) is 19.9. The van der Waals surface area contributed by atoms with Gasteiger partial charge in [0.05, 0.1) is 5.69 Å². The first-order valence-corrected chi connectivity index (χ1v) is 11.4. The second-order valence-electron chi connectivity index (χ2n) is 9.75. The number of fused-ring (bicyclic) bond motifs is 3. The molecule has 1 aliphatic heterocycles. The number of aromatic nitrogens is 4. The Hall–Kier alpha value is -2.72. The van der Waals surface area contributed by atoms with Crippen molar-refractivity contribution in [1.29, 1.82) is 0 Å². The molecule has 1 saturated heterocycles. The number of hydrogen-bond donors (Lipinski definition) is 4. The third-order valence-electron chi connectivity index (χ3n) is 6.63. The molecule has 5 rings (SSSR count). The van der Waals surface area contributed by atoms with Crippen LogP contribution < -0.4 is 16.8 Å². The van der Waals surface area contributed by atoms with Crippen LogP contribution in [0.25, 0.3) is 11.4 Å². The van der Waals surface area contributed by atoms with Gasteiger partial charge in [0.2, 0.25) is 5.95 Å². The van der Waals surface area contributed by atoms with E-state index < -0.39 is 0 Å². The SMILES string of the molecule is CC1(C)Cc2cnc(N)nc2-c2n[nH]c(C(=O)Nc3cccc(CN4CCC(N)CC4)c3)c21.Cl.Cl. The maximum absolute atomic E-state index is 13.3. The van der Waals surface area contributed by atoms with E-state index >= 15 is 0 Å². The molecule has 11 heteroatoms. The number of nitrogens with two attached hydrogens (primary N) is 2. The summed E-state index contributed by atoms with van der Waals surface area (Å²) in [6.45, 7) is 7.05. The standard InChI is InChI=1S/C24H30N8O.2ClH/c1-24(2)11-15-12-27-23(26)29-19(15)20-18(24)21(31-30-20)22(33)28-17-5-3-4-14(10-17)13-32-8-6-16(25)7-9-32;;/h3-5,10,12,16H,6-9,11,13,25H2,1-2H3,(H,28,33)(H,30,31)(H2,26,27,29);2*1H. The molecule has 2 aromatic heterocycles. The van der Waals surface area contributed by atoms with Crippen LogP contribution in [0.5, 0.6) is 0 Å². The molecule has 2 aliphatic rings. The average Bonchev–Trinajstić information content (AvgIpc) is 3.23. The number of benzene rings is 1. The highest BCUT2D eigenvalue weighted by Gasteiger charge is 2.38. The summed E-state index contributed by atoms with van der Waals surface area (Å²) >= 11 is 0. The summed E-state index contributed by atoms with van der Waals surface area (Å²) in [5.74, 6) is -0.0238. The molecule has 3 aromatic rings. The van der Waals surface area contributed by atoms with Gasteiger partial charge in [-0.1, -0.05) is 26.0 Å². The van der Waals surface area contributed by atoms with Gasteiger partial charge in [0.25, 0.3) is 5.91 Å². The van der Waals surface area contributed by atoms with Crippen molar-refractivity contribution >= 4 is 42.4 Å². The number of rotatable bonds is 4. The van der Waals surface area contributed by atoms with E-state index in [-0.39, 0.29) is 42.1 Å². The summed E-state index contributed by atoms with van der Waals surface area (Å²) in [5.41, 5.74) is 17.1. The minimum Gasteiger partial charge on any atom is -0.368 e. The van der Waals surface area contributed by atoms with E-state index in [0.717, 1.165) is 54.9 Å². The largest absolute Gasteiger partial charge is 0.368 e. The van der Waals surface area contributed by atoms with Gasteiger partial charge in [-0.3, -0.25) is 14.8 Å². The molecular formula is C24H32Cl2N8O. The number of anilines is 2. The lowest BCUT2D eigenvalue weighted by atomic mass is 9.73. The molecule has 0 saturated carbocycles. The Morgan fingerprint density at radius 1 is 1.23 bits per heavy atom. The van der Waals surface area contributed by atoms with Gasteiger partial charge in [0.1, 0.15) is 11.4 Å². The number of halogens is 2. The van der Waals surface area contributed by atoms with Crippen molar-refractivity contribution in [3.05, 3.63) is 52.8 Å². The summed E-state index contributed by atoms with van der Waals surface area (Å²) < 4.78 is 0. The van der Waals surface area contributed by atoms with Crippen LogP contribution in [0.2, 0.25) is 0 Å². The number of amides is 1. The monoisotopic (exact) mass is 518 g/mol. The zero-order chi connectivity index (χ0) is 23.2. The molecule has 3 heterocycles. The van der Waals surface area contributed by atoms with Gasteiger partial charge in [-0.15, -0.1) is 24.8 Å². The number of nitrogens with one attached hydrogen (secondary N) is 2. The maximum atomic E-state index is 13.3. The predicted octanol–water partition coefficient (Wildman–Crippen LogP) is 3.30. The van der Waals surface area contributed by atoms with Crippen molar-refractivity contribution in [2.24, 2.45) is 5.73 Å². The number of nitrogens with zero attached hydrogens (tertiary/aromatic N) is 4. The lowest BCUT2D eigenvalue weighted by molar-refractivity contribution is 0.102. The number of carbonyl (C=O) groups excluding carboxylic acids is 1. The summed E-state index contributed by atoms with van der Waals surface area (Å²) in [7, 11) is 0. The Kier molecular flexibility index (Phi) is 8.06. The fourth-order valence-corrected chi connectivity index (χ4v) is 4.97. The summed E-state index contributed by atoms with van der Waals surface area (Å²) in [4.78, 5) is 24.2. The van der Waals surface area contributed by atoms with E-state index in [1.54, 1.807) is 6.20 Å².